The van der Waals surface area contributed by atoms with Crippen LogP contribution in [0, 0.1) is 6.92 Å². The van der Waals surface area contributed by atoms with E-state index in [1.165, 1.54) is 5.56 Å². The SMILES string of the molecule is CCCNC(=O)c1ccc(Nc2nccc(-c3cccc(NC(=O)c4ccc(C(C)(C)C)cc4)c3C)n2)cc1. The minimum Gasteiger partial charge on any atom is -0.352 e. The predicted octanol–water partition coefficient (Wildman–Crippen LogP) is 6.89. The first kappa shape index (κ1) is 27.5. The van der Waals surface area contributed by atoms with Crippen LogP contribution in [0.4, 0.5) is 17.3 Å². The average Bonchev–Trinajstić information content (AvgIpc) is 2.93. The summed E-state index contributed by atoms with van der Waals surface area (Å²) in [4.78, 5) is 34.2. The van der Waals surface area contributed by atoms with Gasteiger partial charge in [0.15, 0.2) is 0 Å². The Balaban J connectivity index is 1.49. The summed E-state index contributed by atoms with van der Waals surface area (Å²) in [5.74, 6) is 0.182. The van der Waals surface area contributed by atoms with Gasteiger partial charge in [-0.15, -0.1) is 0 Å². The fourth-order valence-electron chi connectivity index (χ4n) is 4.11. The van der Waals surface area contributed by atoms with E-state index in [1.54, 1.807) is 18.3 Å². The molecule has 0 fully saturated rings. The molecule has 0 bridgehead atoms. The highest BCUT2D eigenvalue weighted by atomic mass is 16.2. The number of aromatic nitrogens is 2. The molecule has 39 heavy (non-hydrogen) atoms. The van der Waals surface area contributed by atoms with Gasteiger partial charge in [0, 0.05) is 40.8 Å². The molecule has 3 N–H and O–H groups in total. The van der Waals surface area contributed by atoms with Crippen LogP contribution in [0.1, 0.15) is 66.0 Å². The molecule has 7 nitrogen and oxygen atoms in total. The molecule has 0 spiro atoms. The normalized spacial score (nSPS) is 11.1. The van der Waals surface area contributed by atoms with E-state index >= 15 is 0 Å². The number of carbonyl (C=O) groups excluding carboxylic acids is 2. The van der Waals surface area contributed by atoms with Gasteiger partial charge in [-0.05, 0) is 78.4 Å². The smallest absolute Gasteiger partial charge is 0.255 e. The van der Waals surface area contributed by atoms with Gasteiger partial charge >= 0.3 is 0 Å². The number of benzene rings is 3. The van der Waals surface area contributed by atoms with E-state index in [0.29, 0.717) is 23.6 Å². The Kier molecular flexibility index (Phi) is 8.39. The number of nitrogens with one attached hydrogen (secondary N) is 3. The molecule has 0 saturated heterocycles. The molecule has 0 saturated carbocycles. The third kappa shape index (κ3) is 6.87. The van der Waals surface area contributed by atoms with Crippen molar-refractivity contribution in [1.29, 1.82) is 0 Å². The lowest BCUT2D eigenvalue weighted by Gasteiger charge is -2.19. The van der Waals surface area contributed by atoms with Gasteiger partial charge in [-0.3, -0.25) is 9.59 Å². The van der Waals surface area contributed by atoms with Crippen LogP contribution in [-0.4, -0.2) is 28.3 Å². The molecule has 0 atom stereocenters. The molecular weight excluding hydrogens is 486 g/mol. The molecule has 7 heteroatoms. The molecule has 200 valence electrons. The molecule has 0 aliphatic rings. The van der Waals surface area contributed by atoms with Crippen LogP contribution in [-0.2, 0) is 5.41 Å². The fourth-order valence-corrected chi connectivity index (χ4v) is 4.11. The number of carbonyl (C=O) groups is 2. The molecule has 0 unspecified atom stereocenters. The third-order valence-electron chi connectivity index (χ3n) is 6.47. The van der Waals surface area contributed by atoms with Crippen LogP contribution in [0.15, 0.2) is 79.0 Å². The maximum Gasteiger partial charge on any atom is 0.255 e. The quantitative estimate of drug-likeness (QED) is 0.235. The summed E-state index contributed by atoms with van der Waals surface area (Å²) in [7, 11) is 0. The van der Waals surface area contributed by atoms with Crippen molar-refractivity contribution in [2.24, 2.45) is 0 Å². The summed E-state index contributed by atoms with van der Waals surface area (Å²) in [5, 5.41) is 9.12. The van der Waals surface area contributed by atoms with Gasteiger partial charge in [0.05, 0.1) is 5.69 Å². The van der Waals surface area contributed by atoms with Gasteiger partial charge in [-0.2, -0.15) is 0 Å². The fraction of sp³-hybridized carbons (Fsp3) is 0.250. The highest BCUT2D eigenvalue weighted by Gasteiger charge is 2.16. The zero-order valence-corrected chi connectivity index (χ0v) is 23.1. The molecule has 2 amide bonds. The summed E-state index contributed by atoms with van der Waals surface area (Å²) in [6.45, 7) is 11.1. The first-order valence-corrected chi connectivity index (χ1v) is 13.2. The highest BCUT2D eigenvalue weighted by molar-refractivity contribution is 6.05. The van der Waals surface area contributed by atoms with Gasteiger partial charge in [-0.25, -0.2) is 9.97 Å². The Morgan fingerprint density at radius 2 is 1.51 bits per heavy atom. The zero-order chi connectivity index (χ0) is 28.0. The van der Waals surface area contributed by atoms with E-state index in [4.69, 9.17) is 4.98 Å². The summed E-state index contributed by atoms with van der Waals surface area (Å²) in [5.41, 5.74) is 6.44. The molecule has 0 radical (unpaired) electrons. The zero-order valence-electron chi connectivity index (χ0n) is 23.1. The van der Waals surface area contributed by atoms with E-state index in [-0.39, 0.29) is 17.2 Å². The van der Waals surface area contributed by atoms with Crippen molar-refractivity contribution in [3.63, 3.8) is 0 Å². The van der Waals surface area contributed by atoms with Gasteiger partial charge in [-0.1, -0.05) is 52.0 Å². The maximum atomic E-state index is 13.0. The molecule has 3 aromatic carbocycles. The Labute approximate surface area is 230 Å². The number of rotatable bonds is 8. The summed E-state index contributed by atoms with van der Waals surface area (Å²) >= 11 is 0. The van der Waals surface area contributed by atoms with Crippen molar-refractivity contribution in [1.82, 2.24) is 15.3 Å². The standard InChI is InChI=1S/C32H35N5O2/c1-6-19-33-29(38)22-12-16-25(17-13-22)35-31-34-20-18-28(37-31)26-8-7-9-27(21(26)2)36-30(39)23-10-14-24(15-11-23)32(3,4)5/h7-18,20H,6,19H2,1-5H3,(H,33,38)(H,36,39)(H,34,35,37). The summed E-state index contributed by atoms with van der Waals surface area (Å²) in [6.07, 6.45) is 2.58. The molecule has 0 aliphatic carbocycles. The largest absolute Gasteiger partial charge is 0.352 e. The molecule has 0 aliphatic heterocycles. The van der Waals surface area contributed by atoms with Crippen LogP contribution in [0.5, 0.6) is 0 Å². The van der Waals surface area contributed by atoms with Gasteiger partial charge < -0.3 is 16.0 Å². The minimum absolute atomic E-state index is 0.0272. The van der Waals surface area contributed by atoms with Crippen LogP contribution in [0.25, 0.3) is 11.3 Å². The highest BCUT2D eigenvalue weighted by Crippen LogP contribution is 2.29. The van der Waals surface area contributed by atoms with Gasteiger partial charge in [0.1, 0.15) is 0 Å². The van der Waals surface area contributed by atoms with Crippen LogP contribution < -0.4 is 16.0 Å². The molecule has 4 aromatic rings. The van der Waals surface area contributed by atoms with Crippen LogP contribution in [0.2, 0.25) is 0 Å². The Hall–Kier alpha value is -4.52. The van der Waals surface area contributed by atoms with E-state index in [2.05, 4.69) is 41.7 Å². The number of nitrogens with zero attached hydrogens (tertiary/aromatic N) is 2. The summed E-state index contributed by atoms with van der Waals surface area (Å²) < 4.78 is 0. The van der Waals surface area contributed by atoms with Crippen molar-refractivity contribution in [2.75, 3.05) is 17.2 Å². The number of hydrogen-bond donors (Lipinski definition) is 3. The third-order valence-corrected chi connectivity index (χ3v) is 6.47. The molecular formula is C32H35N5O2. The monoisotopic (exact) mass is 521 g/mol. The van der Waals surface area contributed by atoms with Crippen LogP contribution in [0.3, 0.4) is 0 Å². The minimum atomic E-state index is -0.160. The second kappa shape index (κ2) is 11.9. The van der Waals surface area contributed by atoms with Gasteiger partial charge in [0.25, 0.3) is 11.8 Å². The van der Waals surface area contributed by atoms with Crippen molar-refractivity contribution in [3.05, 3.63) is 101 Å². The molecule has 4 rings (SSSR count). The van der Waals surface area contributed by atoms with E-state index < -0.39 is 0 Å². The first-order chi connectivity index (χ1) is 18.7. The maximum absolute atomic E-state index is 13.0. The number of amides is 2. The van der Waals surface area contributed by atoms with Crippen molar-refractivity contribution < 1.29 is 9.59 Å². The lowest BCUT2D eigenvalue weighted by molar-refractivity contribution is 0.0952. The Morgan fingerprint density at radius 3 is 2.18 bits per heavy atom. The second-order valence-corrected chi connectivity index (χ2v) is 10.5. The van der Waals surface area contributed by atoms with E-state index in [1.807, 2.05) is 74.5 Å². The predicted molar refractivity (Wildman–Crippen MR) is 158 cm³/mol. The Bertz CT molecular complexity index is 1460. The first-order valence-electron chi connectivity index (χ1n) is 13.2. The number of anilines is 3. The average molecular weight is 522 g/mol. The van der Waals surface area contributed by atoms with Crippen molar-refractivity contribution >= 4 is 29.1 Å². The van der Waals surface area contributed by atoms with Crippen LogP contribution >= 0.6 is 0 Å². The van der Waals surface area contributed by atoms with E-state index in [9.17, 15) is 9.59 Å². The topological polar surface area (TPSA) is 96.0 Å². The second-order valence-electron chi connectivity index (χ2n) is 10.5. The molecule has 1 aromatic heterocycles. The number of hydrogen-bond acceptors (Lipinski definition) is 5. The van der Waals surface area contributed by atoms with Crippen molar-refractivity contribution in [2.45, 2.75) is 46.5 Å². The lowest BCUT2D eigenvalue weighted by Crippen LogP contribution is -2.23. The summed E-state index contributed by atoms with van der Waals surface area (Å²) in [6, 6.07) is 22.5. The van der Waals surface area contributed by atoms with Crippen molar-refractivity contribution in [3.8, 4) is 11.3 Å². The Morgan fingerprint density at radius 1 is 0.846 bits per heavy atom. The lowest BCUT2D eigenvalue weighted by atomic mass is 9.86. The van der Waals surface area contributed by atoms with Gasteiger partial charge in [0.2, 0.25) is 5.95 Å². The van der Waals surface area contributed by atoms with E-state index in [0.717, 1.165) is 34.6 Å². The molecule has 1 heterocycles.